The van der Waals surface area contributed by atoms with E-state index in [1.54, 1.807) is 4.90 Å². The Kier molecular flexibility index (Phi) is 4.54. The highest BCUT2D eigenvalue weighted by Crippen LogP contribution is 2.18. The van der Waals surface area contributed by atoms with E-state index < -0.39 is 0 Å². The third-order valence-corrected chi connectivity index (χ3v) is 3.40. The number of amides is 1. The van der Waals surface area contributed by atoms with Crippen LogP contribution in [0.2, 0.25) is 0 Å². The Morgan fingerprint density at radius 1 is 1.67 bits per heavy atom. The molecule has 0 aromatic rings. The number of aliphatic hydroxyl groups excluding tert-OH is 1. The predicted octanol–water partition coefficient (Wildman–Crippen LogP) is 0.201. The van der Waals surface area contributed by atoms with Crippen molar-refractivity contribution in [2.75, 3.05) is 19.7 Å². The zero-order valence-electron chi connectivity index (χ0n) is 9.65. The molecule has 3 atom stereocenters. The normalized spacial score (nSPS) is 25.3. The van der Waals surface area contributed by atoms with Crippen LogP contribution in [-0.4, -0.2) is 41.7 Å². The fraction of sp³-hybridized carbons (Fsp3) is 0.909. The van der Waals surface area contributed by atoms with Gasteiger partial charge in [0.15, 0.2) is 0 Å². The van der Waals surface area contributed by atoms with Gasteiger partial charge < -0.3 is 15.7 Å². The van der Waals surface area contributed by atoms with E-state index in [1.165, 1.54) is 0 Å². The van der Waals surface area contributed by atoms with Gasteiger partial charge in [-0.1, -0.05) is 20.3 Å². The fourth-order valence-electron chi connectivity index (χ4n) is 1.89. The summed E-state index contributed by atoms with van der Waals surface area (Å²) < 4.78 is 0. The molecular weight excluding hydrogens is 192 g/mol. The minimum absolute atomic E-state index is 0.0419. The number of carbonyl (C=O) groups excluding carboxylic acids is 1. The number of hydrogen-bond acceptors (Lipinski definition) is 3. The van der Waals surface area contributed by atoms with Gasteiger partial charge in [0.05, 0.1) is 6.04 Å². The Bertz CT molecular complexity index is 221. The van der Waals surface area contributed by atoms with Crippen molar-refractivity contribution in [3.05, 3.63) is 0 Å². The molecule has 0 aromatic carbocycles. The van der Waals surface area contributed by atoms with E-state index in [0.717, 1.165) is 19.4 Å². The van der Waals surface area contributed by atoms with Crippen LogP contribution in [0.25, 0.3) is 0 Å². The van der Waals surface area contributed by atoms with Crippen LogP contribution in [0, 0.1) is 11.8 Å². The summed E-state index contributed by atoms with van der Waals surface area (Å²) in [5.41, 5.74) is 5.88. The largest absolute Gasteiger partial charge is 0.396 e. The second-order valence-corrected chi connectivity index (χ2v) is 4.53. The first-order chi connectivity index (χ1) is 7.10. The smallest absolute Gasteiger partial charge is 0.239 e. The first-order valence-electron chi connectivity index (χ1n) is 5.75. The summed E-state index contributed by atoms with van der Waals surface area (Å²) in [6.07, 6.45) is 1.82. The number of aliphatic hydroxyl groups is 1. The highest BCUT2D eigenvalue weighted by Gasteiger charge is 2.30. The molecule has 1 fully saturated rings. The van der Waals surface area contributed by atoms with Gasteiger partial charge in [0, 0.05) is 25.6 Å². The van der Waals surface area contributed by atoms with Crippen LogP contribution in [0.3, 0.4) is 0 Å². The molecule has 0 radical (unpaired) electrons. The highest BCUT2D eigenvalue weighted by atomic mass is 16.3. The molecule has 0 bridgehead atoms. The maximum Gasteiger partial charge on any atom is 0.239 e. The number of nitrogens with zero attached hydrogens (tertiary/aromatic N) is 1. The molecule has 1 rings (SSSR count). The van der Waals surface area contributed by atoms with Crippen molar-refractivity contribution in [1.29, 1.82) is 0 Å². The van der Waals surface area contributed by atoms with Crippen molar-refractivity contribution in [3.8, 4) is 0 Å². The van der Waals surface area contributed by atoms with Gasteiger partial charge in [-0.2, -0.15) is 0 Å². The zero-order valence-corrected chi connectivity index (χ0v) is 9.65. The Balaban J connectivity index is 2.47. The van der Waals surface area contributed by atoms with Gasteiger partial charge in [0.25, 0.3) is 0 Å². The first-order valence-corrected chi connectivity index (χ1v) is 5.75. The van der Waals surface area contributed by atoms with E-state index >= 15 is 0 Å². The summed E-state index contributed by atoms with van der Waals surface area (Å²) in [5, 5.41) is 8.99. The molecular formula is C11H22N2O2. The summed E-state index contributed by atoms with van der Waals surface area (Å²) in [7, 11) is 0. The summed E-state index contributed by atoms with van der Waals surface area (Å²) in [6.45, 7) is 5.62. The molecule has 0 spiro atoms. The van der Waals surface area contributed by atoms with Crippen molar-refractivity contribution in [1.82, 2.24) is 4.90 Å². The monoisotopic (exact) mass is 214 g/mol. The molecule has 0 saturated carbocycles. The molecule has 4 heteroatoms. The maximum atomic E-state index is 11.9. The maximum absolute atomic E-state index is 11.9. The lowest BCUT2D eigenvalue weighted by molar-refractivity contribution is -0.132. The van der Waals surface area contributed by atoms with Gasteiger partial charge in [0.1, 0.15) is 0 Å². The Hall–Kier alpha value is -0.610. The third-order valence-electron chi connectivity index (χ3n) is 3.40. The molecule has 0 aromatic heterocycles. The van der Waals surface area contributed by atoms with Gasteiger partial charge in [0.2, 0.25) is 5.91 Å². The molecule has 1 aliphatic rings. The van der Waals surface area contributed by atoms with Crippen LogP contribution in [0.15, 0.2) is 0 Å². The standard InChI is InChI=1S/C11H22N2O2/c1-3-8(2)10(12)11(15)13-5-4-9(6-13)7-14/h8-10,14H,3-7,12H2,1-2H3/t8-,9?,10-/m0/s1. The third kappa shape index (κ3) is 2.92. The van der Waals surface area contributed by atoms with E-state index in [-0.39, 0.29) is 30.4 Å². The molecule has 1 heterocycles. The lowest BCUT2D eigenvalue weighted by atomic mass is 9.99. The van der Waals surface area contributed by atoms with E-state index in [1.807, 2.05) is 13.8 Å². The van der Waals surface area contributed by atoms with Crippen molar-refractivity contribution < 1.29 is 9.90 Å². The molecule has 3 N–H and O–H groups in total. The lowest BCUT2D eigenvalue weighted by Crippen LogP contribution is -2.46. The predicted molar refractivity (Wildman–Crippen MR) is 59.2 cm³/mol. The molecule has 1 amide bonds. The molecule has 1 aliphatic heterocycles. The van der Waals surface area contributed by atoms with Crippen molar-refractivity contribution in [2.45, 2.75) is 32.7 Å². The highest BCUT2D eigenvalue weighted by molar-refractivity contribution is 5.82. The average Bonchev–Trinajstić information content (AvgIpc) is 2.74. The van der Waals surface area contributed by atoms with Crippen LogP contribution >= 0.6 is 0 Å². The number of rotatable bonds is 4. The average molecular weight is 214 g/mol. The minimum Gasteiger partial charge on any atom is -0.396 e. The molecule has 1 unspecified atom stereocenters. The summed E-state index contributed by atoms with van der Waals surface area (Å²) in [5.74, 6) is 0.518. The van der Waals surface area contributed by atoms with Gasteiger partial charge in [-0.3, -0.25) is 4.79 Å². The van der Waals surface area contributed by atoms with Crippen molar-refractivity contribution in [3.63, 3.8) is 0 Å². The van der Waals surface area contributed by atoms with Crippen molar-refractivity contribution in [2.24, 2.45) is 17.6 Å². The number of likely N-dealkylation sites (tertiary alicyclic amines) is 1. The summed E-state index contributed by atoms with van der Waals surface area (Å²) in [6, 6.07) is -0.382. The molecule has 88 valence electrons. The van der Waals surface area contributed by atoms with E-state index in [9.17, 15) is 4.79 Å². The second-order valence-electron chi connectivity index (χ2n) is 4.53. The lowest BCUT2D eigenvalue weighted by Gasteiger charge is -2.24. The van der Waals surface area contributed by atoms with E-state index in [0.29, 0.717) is 6.54 Å². The van der Waals surface area contributed by atoms with E-state index in [2.05, 4.69) is 0 Å². The number of nitrogens with two attached hydrogens (primary N) is 1. The Morgan fingerprint density at radius 2 is 2.33 bits per heavy atom. The quantitative estimate of drug-likeness (QED) is 0.702. The second kappa shape index (κ2) is 5.47. The molecule has 1 saturated heterocycles. The minimum atomic E-state index is -0.382. The Labute approximate surface area is 91.4 Å². The van der Waals surface area contributed by atoms with Crippen LogP contribution in [0.4, 0.5) is 0 Å². The molecule has 4 nitrogen and oxygen atoms in total. The van der Waals surface area contributed by atoms with Gasteiger partial charge >= 0.3 is 0 Å². The topological polar surface area (TPSA) is 66.6 Å². The zero-order chi connectivity index (χ0) is 11.4. The Morgan fingerprint density at radius 3 is 2.80 bits per heavy atom. The van der Waals surface area contributed by atoms with Crippen LogP contribution < -0.4 is 5.73 Å². The first kappa shape index (κ1) is 12.5. The SMILES string of the molecule is CC[C@H](C)[C@H](N)C(=O)N1CCC(CO)C1. The van der Waals surface area contributed by atoms with Crippen molar-refractivity contribution >= 4 is 5.91 Å². The number of hydrogen-bond donors (Lipinski definition) is 2. The summed E-state index contributed by atoms with van der Waals surface area (Å²) in [4.78, 5) is 13.7. The van der Waals surface area contributed by atoms with Gasteiger partial charge in [-0.15, -0.1) is 0 Å². The van der Waals surface area contributed by atoms with Crippen LogP contribution in [-0.2, 0) is 4.79 Å². The van der Waals surface area contributed by atoms with Gasteiger partial charge in [-0.05, 0) is 12.3 Å². The van der Waals surface area contributed by atoms with E-state index in [4.69, 9.17) is 10.8 Å². The van der Waals surface area contributed by atoms with Gasteiger partial charge in [-0.25, -0.2) is 0 Å². The van der Waals surface area contributed by atoms with Crippen LogP contribution in [0.5, 0.6) is 0 Å². The molecule has 0 aliphatic carbocycles. The van der Waals surface area contributed by atoms with Crippen LogP contribution in [0.1, 0.15) is 26.7 Å². The fourth-order valence-corrected chi connectivity index (χ4v) is 1.89. The summed E-state index contributed by atoms with van der Waals surface area (Å²) >= 11 is 0. The number of carbonyl (C=O) groups is 1. The molecule has 15 heavy (non-hydrogen) atoms.